The Bertz CT molecular complexity index is 344. The van der Waals surface area contributed by atoms with Crippen LogP contribution in [0.25, 0.3) is 0 Å². The van der Waals surface area contributed by atoms with Gasteiger partial charge in [0.2, 0.25) is 0 Å². The summed E-state index contributed by atoms with van der Waals surface area (Å²) in [6.07, 6.45) is 0. The summed E-state index contributed by atoms with van der Waals surface area (Å²) < 4.78 is 1.69. The Morgan fingerprint density at radius 3 is 1.86 bits per heavy atom. The van der Waals surface area contributed by atoms with Crippen LogP contribution in [0.15, 0.2) is 31.7 Å². The van der Waals surface area contributed by atoms with Gasteiger partial charge in [0, 0.05) is 0 Å². The van der Waals surface area contributed by atoms with Crippen LogP contribution in [-0.4, -0.2) is 25.1 Å². The molecular weight excluding hydrogens is 342 g/mol. The third-order valence-electron chi connectivity index (χ3n) is 2.89. The van der Waals surface area contributed by atoms with Crippen molar-refractivity contribution in [2.75, 3.05) is 0 Å². The van der Waals surface area contributed by atoms with Gasteiger partial charge in [0.15, 0.2) is 0 Å². The molecule has 1 aliphatic heterocycles. The summed E-state index contributed by atoms with van der Waals surface area (Å²) in [6, 6.07) is 0. The minimum absolute atomic E-state index is 0.783. The third-order valence-corrected chi connectivity index (χ3v) is 20.2. The van der Waals surface area contributed by atoms with Crippen molar-refractivity contribution < 1.29 is 0 Å². The van der Waals surface area contributed by atoms with Gasteiger partial charge in [0.05, 0.1) is 0 Å². The average molecular weight is 354 g/mol. The van der Waals surface area contributed by atoms with Gasteiger partial charge in [-0.05, 0) is 0 Å². The Balaban J connectivity index is 2.52. The van der Waals surface area contributed by atoms with E-state index in [-0.39, 0.29) is 0 Å². The zero-order chi connectivity index (χ0) is 10.3. The summed E-state index contributed by atoms with van der Waals surface area (Å²) in [6.45, 7) is 9.08. The molecule has 0 amide bonds. The number of allylic oxidation sites excluding steroid dienone is 5. The first kappa shape index (κ1) is 11.4. The molecule has 0 N–H and O–H groups in total. The fraction of sp³-hybridized carbons (Fsp3) is 0.400. The second-order valence-electron chi connectivity index (χ2n) is 3.47. The molecule has 2 rings (SSSR count). The van der Waals surface area contributed by atoms with Crippen LogP contribution in [0.4, 0.5) is 0 Å². The molecule has 14 heavy (non-hydrogen) atoms. The Morgan fingerprint density at radius 2 is 1.43 bits per heavy atom. The standard InChI is InChI=1S/C10H12S2Se2/c1-5-6(2)8(4)9(7(5)3)10-11-12-14-13-10/h1-4H3. The van der Waals surface area contributed by atoms with Crippen molar-refractivity contribution in [3.05, 3.63) is 31.7 Å². The first-order valence-corrected chi connectivity index (χ1v) is 13.8. The first-order valence-electron chi connectivity index (χ1n) is 4.41. The molecule has 0 spiro atoms. The molecule has 1 saturated heterocycles. The van der Waals surface area contributed by atoms with Gasteiger partial charge in [-0.3, -0.25) is 0 Å². The fourth-order valence-corrected chi connectivity index (χ4v) is 23.0. The SMILES string of the molecule is CC1=C(C)C(=C2SS[Se][Se]2)C(C)=C1C. The van der Waals surface area contributed by atoms with E-state index < -0.39 is 0 Å². The molecular formula is C10H12S2Se2. The average Bonchev–Trinajstić information content (AvgIpc) is 2.73. The predicted molar refractivity (Wildman–Crippen MR) is 70.5 cm³/mol. The second-order valence-corrected chi connectivity index (χ2v) is 16.7. The molecule has 2 aliphatic rings. The first-order chi connectivity index (χ1) is 6.63. The van der Waals surface area contributed by atoms with Crippen LogP contribution < -0.4 is 0 Å². The van der Waals surface area contributed by atoms with Crippen LogP contribution >= 0.6 is 20.0 Å². The van der Waals surface area contributed by atoms with E-state index in [2.05, 4.69) is 36.9 Å². The molecule has 1 aliphatic carbocycles. The zero-order valence-corrected chi connectivity index (χ0v) is 13.7. The third kappa shape index (κ3) is 1.81. The molecule has 0 nitrogen and oxygen atoms in total. The number of rotatable bonds is 0. The van der Waals surface area contributed by atoms with E-state index >= 15 is 0 Å². The van der Waals surface area contributed by atoms with Crippen molar-refractivity contribution in [2.24, 2.45) is 0 Å². The molecule has 1 heterocycles. The van der Waals surface area contributed by atoms with Crippen LogP contribution in [0.2, 0.25) is 0 Å². The van der Waals surface area contributed by atoms with Crippen molar-refractivity contribution in [3.63, 3.8) is 0 Å². The summed E-state index contributed by atoms with van der Waals surface area (Å²) in [7, 11) is 4.11. The molecule has 76 valence electrons. The van der Waals surface area contributed by atoms with Crippen molar-refractivity contribution in [1.29, 1.82) is 0 Å². The van der Waals surface area contributed by atoms with Gasteiger partial charge in [0.1, 0.15) is 0 Å². The molecule has 4 heteroatoms. The molecule has 0 radical (unpaired) electrons. The van der Waals surface area contributed by atoms with E-state index in [0.717, 1.165) is 25.1 Å². The minimum atomic E-state index is 0.783. The van der Waals surface area contributed by atoms with Gasteiger partial charge >= 0.3 is 105 Å². The van der Waals surface area contributed by atoms with Crippen molar-refractivity contribution in [3.8, 4) is 0 Å². The maximum absolute atomic E-state index is 2.28. The molecule has 0 unspecified atom stereocenters. The second kappa shape index (κ2) is 4.45. The summed E-state index contributed by atoms with van der Waals surface area (Å²) in [4.78, 5) is 0. The topological polar surface area (TPSA) is 0 Å². The predicted octanol–water partition coefficient (Wildman–Crippen LogP) is 3.52. The van der Waals surface area contributed by atoms with E-state index in [1.54, 1.807) is 9.38 Å². The Kier molecular flexibility index (Phi) is 3.64. The van der Waals surface area contributed by atoms with Crippen LogP contribution in [0.3, 0.4) is 0 Å². The van der Waals surface area contributed by atoms with Gasteiger partial charge < -0.3 is 0 Å². The molecule has 0 atom stereocenters. The Hall–Kier alpha value is 0.959. The quantitative estimate of drug-likeness (QED) is 0.482. The van der Waals surface area contributed by atoms with Gasteiger partial charge in [0.25, 0.3) is 0 Å². The molecule has 0 bridgehead atoms. The van der Waals surface area contributed by atoms with E-state index in [1.165, 1.54) is 22.3 Å². The van der Waals surface area contributed by atoms with Crippen LogP contribution in [0, 0.1) is 0 Å². The van der Waals surface area contributed by atoms with Crippen LogP contribution in [0.5, 0.6) is 0 Å². The van der Waals surface area contributed by atoms with Crippen molar-refractivity contribution in [2.45, 2.75) is 27.7 Å². The molecule has 0 aromatic carbocycles. The molecule has 0 aromatic heterocycles. The van der Waals surface area contributed by atoms with E-state index in [0.29, 0.717) is 0 Å². The van der Waals surface area contributed by atoms with Gasteiger partial charge in [-0.1, -0.05) is 0 Å². The normalized spacial score (nSPS) is 23.1. The summed E-state index contributed by atoms with van der Waals surface area (Å²) in [5.74, 6) is 0. The van der Waals surface area contributed by atoms with Gasteiger partial charge in [-0.25, -0.2) is 0 Å². The molecule has 0 saturated carbocycles. The van der Waals surface area contributed by atoms with E-state index in [4.69, 9.17) is 0 Å². The van der Waals surface area contributed by atoms with Crippen molar-refractivity contribution >= 4 is 45.1 Å². The van der Waals surface area contributed by atoms with Crippen LogP contribution in [-0.2, 0) is 0 Å². The zero-order valence-electron chi connectivity index (χ0n) is 8.63. The fourth-order valence-electron chi connectivity index (χ4n) is 1.71. The van der Waals surface area contributed by atoms with Crippen molar-refractivity contribution in [1.82, 2.24) is 0 Å². The number of hydrogen-bond acceptors (Lipinski definition) is 2. The van der Waals surface area contributed by atoms with Crippen LogP contribution in [0.1, 0.15) is 27.7 Å². The monoisotopic (exact) mass is 356 g/mol. The van der Waals surface area contributed by atoms with E-state index in [1.807, 2.05) is 10.8 Å². The number of hydrogen-bond donors (Lipinski definition) is 0. The van der Waals surface area contributed by atoms with Gasteiger partial charge in [-0.2, -0.15) is 0 Å². The summed E-state index contributed by atoms with van der Waals surface area (Å²) in [5, 5.41) is 0. The Labute approximate surface area is 104 Å². The molecule has 0 aromatic rings. The summed E-state index contributed by atoms with van der Waals surface area (Å²) >= 11 is 1.62. The van der Waals surface area contributed by atoms with E-state index in [9.17, 15) is 0 Å². The maximum atomic E-state index is 2.28. The van der Waals surface area contributed by atoms with Gasteiger partial charge in [-0.15, -0.1) is 0 Å². The Morgan fingerprint density at radius 1 is 0.857 bits per heavy atom. The summed E-state index contributed by atoms with van der Waals surface area (Å²) in [5.41, 5.74) is 7.67. The molecule has 1 fully saturated rings.